The number of carbonyl (C=O) groups is 1. The van der Waals surface area contributed by atoms with Gasteiger partial charge >= 0.3 is 0 Å². The summed E-state index contributed by atoms with van der Waals surface area (Å²) in [7, 11) is 0. The van der Waals surface area contributed by atoms with E-state index in [1.54, 1.807) is 6.08 Å². The third-order valence-electron chi connectivity index (χ3n) is 4.03. The van der Waals surface area contributed by atoms with Crippen molar-refractivity contribution in [3.8, 4) is 0 Å². The van der Waals surface area contributed by atoms with E-state index in [0.717, 1.165) is 18.4 Å². The Balaban J connectivity index is 2.44. The van der Waals surface area contributed by atoms with Crippen LogP contribution in [0.2, 0.25) is 0 Å². The lowest BCUT2D eigenvalue weighted by atomic mass is 9.63. The van der Waals surface area contributed by atoms with E-state index in [2.05, 4.69) is 20.8 Å². The van der Waals surface area contributed by atoms with E-state index in [1.165, 1.54) is 0 Å². The molecule has 1 fully saturated rings. The normalized spacial score (nSPS) is 39.6. The van der Waals surface area contributed by atoms with Crippen LogP contribution in [0, 0.1) is 5.41 Å². The van der Waals surface area contributed by atoms with Crippen LogP contribution in [0.25, 0.3) is 0 Å². The molecule has 0 radical (unpaired) electrons. The van der Waals surface area contributed by atoms with Crippen molar-refractivity contribution in [2.45, 2.75) is 58.7 Å². The Morgan fingerprint density at radius 3 is 2.60 bits per heavy atom. The Hall–Kier alpha value is -0.630. The van der Waals surface area contributed by atoms with Crippen LogP contribution in [0.1, 0.15) is 47.0 Å². The van der Waals surface area contributed by atoms with Crippen molar-refractivity contribution < 1.29 is 9.53 Å². The number of hydrogen-bond acceptors (Lipinski definition) is 2. The molecule has 2 atom stereocenters. The summed E-state index contributed by atoms with van der Waals surface area (Å²) in [6.45, 7) is 8.46. The molecule has 1 aliphatic carbocycles. The van der Waals surface area contributed by atoms with Gasteiger partial charge in [0.2, 0.25) is 0 Å². The molecule has 0 unspecified atom stereocenters. The van der Waals surface area contributed by atoms with Gasteiger partial charge in [0.25, 0.3) is 0 Å². The molecule has 1 spiro atoms. The van der Waals surface area contributed by atoms with Crippen LogP contribution >= 0.6 is 0 Å². The van der Waals surface area contributed by atoms with Gasteiger partial charge in [0, 0.05) is 11.8 Å². The predicted octanol–water partition coefficient (Wildman–Crippen LogP) is 2.87. The Morgan fingerprint density at radius 2 is 2.13 bits per heavy atom. The summed E-state index contributed by atoms with van der Waals surface area (Å²) in [5.41, 5.74) is 0.877. The quantitative estimate of drug-likeness (QED) is 0.612. The zero-order valence-electron chi connectivity index (χ0n) is 10.1. The fraction of sp³-hybridized carbons (Fsp3) is 0.769. The number of hydrogen-bond donors (Lipinski definition) is 0. The van der Waals surface area contributed by atoms with Gasteiger partial charge in [-0.05, 0) is 38.3 Å². The summed E-state index contributed by atoms with van der Waals surface area (Å²) in [4.78, 5) is 11.6. The molecule has 2 aliphatic rings. The fourth-order valence-electron chi connectivity index (χ4n) is 3.18. The summed E-state index contributed by atoms with van der Waals surface area (Å²) in [6, 6.07) is 0. The highest BCUT2D eigenvalue weighted by molar-refractivity contribution is 5.92. The van der Waals surface area contributed by atoms with Crippen molar-refractivity contribution in [1.82, 2.24) is 0 Å². The first-order valence-corrected chi connectivity index (χ1v) is 5.77. The van der Waals surface area contributed by atoms with Crippen LogP contribution in [-0.4, -0.2) is 17.5 Å². The standard InChI is InChI=1S/C13H20O2/c1-9-7-11(14)8-12(3,4)13(9)6-5-10(2)15-13/h7,10H,5-6,8H2,1-4H3/t10-,13-/m0/s1. The number of allylic oxidation sites excluding steroid dienone is 1. The lowest BCUT2D eigenvalue weighted by Crippen LogP contribution is -2.49. The van der Waals surface area contributed by atoms with Gasteiger partial charge in [0.1, 0.15) is 0 Å². The van der Waals surface area contributed by atoms with E-state index in [0.29, 0.717) is 12.5 Å². The van der Waals surface area contributed by atoms with Gasteiger partial charge in [-0.25, -0.2) is 0 Å². The fourth-order valence-corrected chi connectivity index (χ4v) is 3.18. The van der Waals surface area contributed by atoms with E-state index in [9.17, 15) is 4.79 Å². The second-order valence-corrected chi connectivity index (χ2v) is 5.65. The van der Waals surface area contributed by atoms with Crippen LogP contribution in [0.3, 0.4) is 0 Å². The second kappa shape index (κ2) is 3.18. The maximum atomic E-state index is 11.6. The van der Waals surface area contributed by atoms with E-state index in [-0.39, 0.29) is 16.8 Å². The van der Waals surface area contributed by atoms with Gasteiger partial charge < -0.3 is 4.74 Å². The molecular weight excluding hydrogens is 188 g/mol. The van der Waals surface area contributed by atoms with E-state index < -0.39 is 0 Å². The minimum atomic E-state index is -0.180. The molecule has 0 aromatic rings. The van der Waals surface area contributed by atoms with Crippen molar-refractivity contribution >= 4 is 5.78 Å². The zero-order valence-corrected chi connectivity index (χ0v) is 10.1. The first-order valence-electron chi connectivity index (χ1n) is 5.77. The summed E-state index contributed by atoms with van der Waals surface area (Å²) in [6.07, 6.45) is 4.86. The number of carbonyl (C=O) groups excluding carboxylic acids is 1. The maximum Gasteiger partial charge on any atom is 0.156 e. The van der Waals surface area contributed by atoms with Crippen LogP contribution in [-0.2, 0) is 9.53 Å². The van der Waals surface area contributed by atoms with Crippen molar-refractivity contribution in [2.24, 2.45) is 5.41 Å². The van der Waals surface area contributed by atoms with Gasteiger partial charge in [-0.15, -0.1) is 0 Å². The average Bonchev–Trinajstić information content (AvgIpc) is 2.45. The van der Waals surface area contributed by atoms with Crippen molar-refractivity contribution in [3.05, 3.63) is 11.6 Å². The highest BCUT2D eigenvalue weighted by atomic mass is 16.5. The lowest BCUT2D eigenvalue weighted by molar-refractivity contribution is -0.129. The lowest BCUT2D eigenvalue weighted by Gasteiger charge is -2.46. The van der Waals surface area contributed by atoms with Crippen LogP contribution in [0.15, 0.2) is 11.6 Å². The molecule has 15 heavy (non-hydrogen) atoms. The summed E-state index contributed by atoms with van der Waals surface area (Å²) >= 11 is 0. The van der Waals surface area contributed by atoms with Gasteiger partial charge in [0.05, 0.1) is 11.7 Å². The number of ether oxygens (including phenoxy) is 1. The van der Waals surface area contributed by atoms with Gasteiger partial charge in [-0.2, -0.15) is 0 Å². The van der Waals surface area contributed by atoms with E-state index >= 15 is 0 Å². The number of ketones is 1. The molecule has 0 bridgehead atoms. The molecule has 2 heteroatoms. The average molecular weight is 208 g/mol. The van der Waals surface area contributed by atoms with Crippen LogP contribution in [0.4, 0.5) is 0 Å². The minimum Gasteiger partial charge on any atom is -0.367 e. The Bertz CT molecular complexity index is 327. The van der Waals surface area contributed by atoms with Crippen molar-refractivity contribution in [2.75, 3.05) is 0 Å². The first-order chi connectivity index (χ1) is 6.87. The zero-order chi connectivity index (χ0) is 11.3. The molecule has 1 saturated heterocycles. The predicted molar refractivity (Wildman–Crippen MR) is 59.7 cm³/mol. The topological polar surface area (TPSA) is 26.3 Å². The summed E-state index contributed by atoms with van der Waals surface area (Å²) in [5.74, 6) is 0.242. The molecule has 84 valence electrons. The molecule has 2 nitrogen and oxygen atoms in total. The van der Waals surface area contributed by atoms with Crippen molar-refractivity contribution in [1.29, 1.82) is 0 Å². The molecule has 1 aliphatic heterocycles. The van der Waals surface area contributed by atoms with E-state index in [4.69, 9.17) is 4.74 Å². The largest absolute Gasteiger partial charge is 0.367 e. The monoisotopic (exact) mass is 208 g/mol. The van der Waals surface area contributed by atoms with Crippen molar-refractivity contribution in [3.63, 3.8) is 0 Å². The molecule has 2 rings (SSSR count). The van der Waals surface area contributed by atoms with Gasteiger partial charge in [0.15, 0.2) is 5.78 Å². The maximum absolute atomic E-state index is 11.6. The molecular formula is C13H20O2. The molecule has 0 aromatic heterocycles. The highest BCUT2D eigenvalue weighted by Crippen LogP contribution is 2.52. The molecule has 0 saturated carbocycles. The smallest absolute Gasteiger partial charge is 0.156 e. The first kappa shape index (κ1) is 10.9. The van der Waals surface area contributed by atoms with Gasteiger partial charge in [-0.3, -0.25) is 4.79 Å². The number of rotatable bonds is 0. The minimum absolute atomic E-state index is 0.0618. The molecule has 0 N–H and O–H groups in total. The molecule has 0 amide bonds. The Kier molecular flexibility index (Phi) is 2.30. The second-order valence-electron chi connectivity index (χ2n) is 5.65. The van der Waals surface area contributed by atoms with Crippen LogP contribution < -0.4 is 0 Å². The summed E-state index contributed by atoms with van der Waals surface area (Å²) in [5, 5.41) is 0. The highest BCUT2D eigenvalue weighted by Gasteiger charge is 2.53. The SMILES string of the molecule is CC1=CC(=O)CC(C)(C)[C@]12CC[C@H](C)O2. The Morgan fingerprint density at radius 1 is 1.47 bits per heavy atom. The third kappa shape index (κ3) is 1.46. The van der Waals surface area contributed by atoms with Crippen LogP contribution in [0.5, 0.6) is 0 Å². The van der Waals surface area contributed by atoms with Gasteiger partial charge in [-0.1, -0.05) is 13.8 Å². The van der Waals surface area contributed by atoms with E-state index in [1.807, 2.05) is 6.92 Å². The molecule has 0 aromatic carbocycles. The molecule has 1 heterocycles. The Labute approximate surface area is 91.7 Å². The summed E-state index contributed by atoms with van der Waals surface area (Å²) < 4.78 is 6.15. The third-order valence-corrected chi connectivity index (χ3v) is 4.03.